The Morgan fingerprint density at radius 3 is 2.00 bits per heavy atom. The Bertz CT molecular complexity index is 64.6. The molecule has 0 unspecified atom stereocenters. The maximum Gasteiger partial charge on any atom is 0.0348 e. The van der Waals surface area contributed by atoms with Crippen LogP contribution in [-0.2, 0) is 0 Å². The lowest BCUT2D eigenvalue weighted by atomic mass is 10.4. The third kappa shape index (κ3) is 5.96. The number of allylic oxidation sites excluding steroid dienone is 1. The molecule has 0 aliphatic carbocycles. The van der Waals surface area contributed by atoms with Gasteiger partial charge in [-0.1, -0.05) is 18.7 Å². The van der Waals surface area contributed by atoms with Crippen molar-refractivity contribution in [3.05, 3.63) is 12.2 Å². The zero-order valence-electron chi connectivity index (χ0n) is 5.49. The van der Waals surface area contributed by atoms with Crippen LogP contribution in [0.25, 0.3) is 0 Å². The molecule has 0 radical (unpaired) electrons. The highest BCUT2D eigenvalue weighted by atomic mass is 28.3. The molecule has 0 nitrogen and oxygen atoms in total. The van der Waals surface area contributed by atoms with Crippen molar-refractivity contribution in [2.24, 2.45) is 0 Å². The summed E-state index contributed by atoms with van der Waals surface area (Å²) in [5.74, 6) is 0. The van der Waals surface area contributed by atoms with Crippen LogP contribution in [0.15, 0.2) is 12.2 Å². The summed E-state index contributed by atoms with van der Waals surface area (Å²) >= 11 is 0. The Morgan fingerprint density at radius 1 is 1.57 bits per heavy atom. The molecule has 0 aromatic carbocycles. The van der Waals surface area contributed by atoms with Crippen LogP contribution < -0.4 is 0 Å². The van der Waals surface area contributed by atoms with Crippen LogP contribution in [0.3, 0.4) is 0 Å². The summed E-state index contributed by atoms with van der Waals surface area (Å²) in [7, 11) is -0.328. The van der Waals surface area contributed by atoms with Crippen LogP contribution >= 0.6 is 0 Å². The van der Waals surface area contributed by atoms with Crippen molar-refractivity contribution < 1.29 is 0 Å². The summed E-state index contributed by atoms with van der Waals surface area (Å²) in [4.78, 5) is 0. The summed E-state index contributed by atoms with van der Waals surface area (Å²) < 4.78 is 0. The van der Waals surface area contributed by atoms with E-state index in [-0.39, 0.29) is 8.80 Å². The van der Waals surface area contributed by atoms with E-state index in [4.69, 9.17) is 0 Å². The minimum Gasteiger partial charge on any atom is -0.100 e. The summed E-state index contributed by atoms with van der Waals surface area (Å²) in [6, 6.07) is 1.31. The molecule has 0 heterocycles. The second kappa shape index (κ2) is 3.02. The highest BCUT2D eigenvalue weighted by molar-refractivity contribution is 6.56. The first-order chi connectivity index (χ1) is 3.13. The predicted octanol–water partition coefficient (Wildman–Crippen LogP) is 2.05. The Labute approximate surface area is 47.9 Å². The molecule has 0 saturated heterocycles. The van der Waals surface area contributed by atoms with Crippen molar-refractivity contribution in [1.29, 1.82) is 0 Å². The molecule has 0 spiro atoms. The highest BCUT2D eigenvalue weighted by Gasteiger charge is 1.92. The number of rotatable bonds is 2. The lowest BCUT2D eigenvalue weighted by Crippen LogP contribution is -1.97. The Morgan fingerprint density at radius 2 is 2.00 bits per heavy atom. The molecule has 0 amide bonds. The second-order valence-corrected chi connectivity index (χ2v) is 5.75. The standard InChI is InChI=1S/C6H14Si/c1-6(2)5-7(3)4/h7H,1,5H2,2-4H3. The largest absolute Gasteiger partial charge is 0.100 e. The van der Waals surface area contributed by atoms with E-state index in [1.54, 1.807) is 0 Å². The van der Waals surface area contributed by atoms with Crippen LogP contribution in [0.2, 0.25) is 19.1 Å². The predicted molar refractivity (Wildman–Crippen MR) is 38.5 cm³/mol. The average Bonchev–Trinajstić information content (AvgIpc) is 1.27. The molecule has 0 atom stereocenters. The normalized spacial score (nSPS) is 9.71. The maximum atomic E-state index is 3.83. The Kier molecular flexibility index (Phi) is 3.01. The number of hydrogen-bond acceptors (Lipinski definition) is 0. The van der Waals surface area contributed by atoms with Gasteiger partial charge in [-0.05, 0) is 13.0 Å². The van der Waals surface area contributed by atoms with Gasteiger partial charge in [0.25, 0.3) is 0 Å². The molecule has 0 saturated carbocycles. The van der Waals surface area contributed by atoms with Crippen molar-refractivity contribution in [3.63, 3.8) is 0 Å². The second-order valence-electron chi connectivity index (χ2n) is 2.56. The van der Waals surface area contributed by atoms with Crippen molar-refractivity contribution in [3.8, 4) is 0 Å². The monoisotopic (exact) mass is 114 g/mol. The molecule has 0 N–H and O–H groups in total. The van der Waals surface area contributed by atoms with Gasteiger partial charge in [-0.25, -0.2) is 0 Å². The molecule has 1 heteroatoms. The fourth-order valence-electron chi connectivity index (χ4n) is 0.697. The van der Waals surface area contributed by atoms with Gasteiger partial charge in [-0.2, -0.15) is 0 Å². The molecular formula is C6H14Si. The first-order valence-corrected chi connectivity index (χ1v) is 5.90. The van der Waals surface area contributed by atoms with Gasteiger partial charge >= 0.3 is 0 Å². The fourth-order valence-corrected chi connectivity index (χ4v) is 2.09. The Balaban J connectivity index is 3.13. The molecule has 0 bridgehead atoms. The summed E-state index contributed by atoms with van der Waals surface area (Å²) in [5, 5.41) is 0. The topological polar surface area (TPSA) is 0 Å². The van der Waals surface area contributed by atoms with Gasteiger partial charge in [0.1, 0.15) is 0 Å². The van der Waals surface area contributed by atoms with E-state index >= 15 is 0 Å². The third-order valence-corrected chi connectivity index (χ3v) is 2.27. The van der Waals surface area contributed by atoms with Crippen LogP contribution in [0, 0.1) is 0 Å². The van der Waals surface area contributed by atoms with Crippen molar-refractivity contribution in [2.75, 3.05) is 0 Å². The van der Waals surface area contributed by atoms with Gasteiger partial charge in [-0.3, -0.25) is 0 Å². The van der Waals surface area contributed by atoms with E-state index < -0.39 is 0 Å². The van der Waals surface area contributed by atoms with E-state index in [1.165, 1.54) is 11.6 Å². The van der Waals surface area contributed by atoms with Crippen molar-refractivity contribution in [1.82, 2.24) is 0 Å². The zero-order valence-corrected chi connectivity index (χ0v) is 6.65. The number of hydrogen-bond donors (Lipinski definition) is 0. The summed E-state index contributed by atoms with van der Waals surface area (Å²) in [6.45, 7) is 10.6. The summed E-state index contributed by atoms with van der Waals surface area (Å²) in [6.07, 6.45) is 0. The Hall–Kier alpha value is -0.0431. The van der Waals surface area contributed by atoms with Crippen LogP contribution in [0.1, 0.15) is 6.92 Å². The lowest BCUT2D eigenvalue weighted by Gasteiger charge is -1.98. The molecule has 42 valence electrons. The van der Waals surface area contributed by atoms with Crippen molar-refractivity contribution in [2.45, 2.75) is 26.1 Å². The van der Waals surface area contributed by atoms with E-state index in [2.05, 4.69) is 26.6 Å². The molecule has 0 aromatic heterocycles. The minimum atomic E-state index is -0.328. The summed E-state index contributed by atoms with van der Waals surface area (Å²) in [5.41, 5.74) is 1.35. The van der Waals surface area contributed by atoms with Crippen molar-refractivity contribution >= 4 is 8.80 Å². The van der Waals surface area contributed by atoms with Crippen LogP contribution in [0.5, 0.6) is 0 Å². The molecule has 0 aliphatic rings. The van der Waals surface area contributed by atoms with E-state index in [0.717, 1.165) is 0 Å². The minimum absolute atomic E-state index is 0.328. The van der Waals surface area contributed by atoms with Gasteiger partial charge in [-0.15, -0.1) is 6.58 Å². The third-order valence-electron chi connectivity index (χ3n) is 0.757. The quantitative estimate of drug-likeness (QED) is 0.381. The van der Waals surface area contributed by atoms with E-state index in [1.807, 2.05) is 0 Å². The SMILES string of the molecule is C=C(C)C[SiH](C)C. The van der Waals surface area contributed by atoms with Gasteiger partial charge < -0.3 is 0 Å². The smallest absolute Gasteiger partial charge is 0.0348 e. The lowest BCUT2D eigenvalue weighted by molar-refractivity contribution is 1.37. The molecule has 0 rings (SSSR count). The molecular weight excluding hydrogens is 100 g/mol. The average molecular weight is 114 g/mol. The van der Waals surface area contributed by atoms with Crippen LogP contribution in [0.4, 0.5) is 0 Å². The maximum absolute atomic E-state index is 3.83. The zero-order chi connectivity index (χ0) is 5.86. The van der Waals surface area contributed by atoms with Gasteiger partial charge in [0.15, 0.2) is 0 Å². The van der Waals surface area contributed by atoms with E-state index in [0.29, 0.717) is 0 Å². The molecule has 0 aromatic rings. The van der Waals surface area contributed by atoms with Gasteiger partial charge in [0, 0.05) is 8.80 Å². The molecule has 0 fully saturated rings. The molecule has 0 aliphatic heterocycles. The van der Waals surface area contributed by atoms with E-state index in [9.17, 15) is 0 Å². The molecule has 7 heavy (non-hydrogen) atoms. The fraction of sp³-hybridized carbons (Fsp3) is 0.667. The van der Waals surface area contributed by atoms with Gasteiger partial charge in [0.05, 0.1) is 0 Å². The first-order valence-electron chi connectivity index (χ1n) is 2.77. The van der Waals surface area contributed by atoms with Crippen LogP contribution in [-0.4, -0.2) is 8.80 Å². The highest BCUT2D eigenvalue weighted by Crippen LogP contribution is 2.00. The van der Waals surface area contributed by atoms with Gasteiger partial charge in [0.2, 0.25) is 0 Å². The first kappa shape index (κ1) is 6.96.